The number of aliphatic hydroxyl groups is 1. The standard InChI is InChI=1S/C11H14O3S/c1-14-10(13)9-3-2-8(15-9)6-11(7-12)4-5-11/h2-3,12H,4-7H2,1H3. The molecule has 1 fully saturated rings. The molecule has 0 aliphatic heterocycles. The van der Waals surface area contributed by atoms with Gasteiger partial charge in [-0.3, -0.25) is 0 Å². The van der Waals surface area contributed by atoms with Crippen LogP contribution >= 0.6 is 11.3 Å². The van der Waals surface area contributed by atoms with E-state index in [9.17, 15) is 9.90 Å². The van der Waals surface area contributed by atoms with Crippen molar-refractivity contribution in [3.8, 4) is 0 Å². The fourth-order valence-corrected chi connectivity index (χ4v) is 2.72. The van der Waals surface area contributed by atoms with E-state index in [1.165, 1.54) is 18.4 Å². The smallest absolute Gasteiger partial charge is 0.348 e. The summed E-state index contributed by atoms with van der Waals surface area (Å²) in [7, 11) is 1.39. The van der Waals surface area contributed by atoms with E-state index in [1.807, 2.05) is 6.07 Å². The largest absolute Gasteiger partial charge is 0.465 e. The van der Waals surface area contributed by atoms with Gasteiger partial charge in [-0.25, -0.2) is 4.79 Å². The molecule has 3 nitrogen and oxygen atoms in total. The van der Waals surface area contributed by atoms with Gasteiger partial charge in [-0.1, -0.05) is 0 Å². The third-order valence-corrected chi connectivity index (χ3v) is 3.96. The fourth-order valence-electron chi connectivity index (χ4n) is 1.62. The highest BCUT2D eigenvalue weighted by atomic mass is 32.1. The second-order valence-corrected chi connectivity index (χ2v) is 5.26. The lowest BCUT2D eigenvalue weighted by molar-refractivity contribution is 0.0606. The number of methoxy groups -OCH3 is 1. The zero-order valence-corrected chi connectivity index (χ0v) is 9.47. The topological polar surface area (TPSA) is 46.5 Å². The highest BCUT2D eigenvalue weighted by Gasteiger charge is 2.42. The zero-order valence-electron chi connectivity index (χ0n) is 8.66. The Bertz CT molecular complexity index is 366. The summed E-state index contributed by atoms with van der Waals surface area (Å²) in [6.07, 6.45) is 3.06. The van der Waals surface area contributed by atoms with Gasteiger partial charge in [0.1, 0.15) is 4.88 Å². The minimum atomic E-state index is -0.278. The maximum Gasteiger partial charge on any atom is 0.348 e. The van der Waals surface area contributed by atoms with Crippen LogP contribution in [0, 0.1) is 5.41 Å². The SMILES string of the molecule is COC(=O)c1ccc(CC2(CO)CC2)s1. The van der Waals surface area contributed by atoms with Crippen molar-refractivity contribution in [2.45, 2.75) is 19.3 Å². The number of hydrogen-bond acceptors (Lipinski definition) is 4. The van der Waals surface area contributed by atoms with Gasteiger partial charge in [-0.05, 0) is 36.8 Å². The van der Waals surface area contributed by atoms with Crippen LogP contribution in [0.4, 0.5) is 0 Å². The van der Waals surface area contributed by atoms with Crippen molar-refractivity contribution < 1.29 is 14.6 Å². The first-order valence-corrected chi connectivity index (χ1v) is 5.79. The average molecular weight is 226 g/mol. The van der Waals surface area contributed by atoms with Crippen LogP contribution in [0.2, 0.25) is 0 Å². The van der Waals surface area contributed by atoms with Gasteiger partial charge < -0.3 is 9.84 Å². The molecule has 0 bridgehead atoms. The van der Waals surface area contributed by atoms with E-state index in [4.69, 9.17) is 0 Å². The number of carbonyl (C=O) groups is 1. The molecule has 1 aliphatic carbocycles. The molecule has 1 aliphatic rings. The number of esters is 1. The Morgan fingerprint density at radius 3 is 2.87 bits per heavy atom. The van der Waals surface area contributed by atoms with Crippen molar-refractivity contribution >= 4 is 17.3 Å². The van der Waals surface area contributed by atoms with Gasteiger partial charge in [0.15, 0.2) is 0 Å². The summed E-state index contributed by atoms with van der Waals surface area (Å²) in [6, 6.07) is 3.74. The molecule has 2 rings (SSSR count). The second kappa shape index (κ2) is 3.94. The van der Waals surface area contributed by atoms with Crippen LogP contribution < -0.4 is 0 Å². The van der Waals surface area contributed by atoms with Gasteiger partial charge in [-0.2, -0.15) is 0 Å². The van der Waals surface area contributed by atoms with Crippen molar-refractivity contribution in [1.29, 1.82) is 0 Å². The predicted molar refractivity (Wildman–Crippen MR) is 58.1 cm³/mol. The summed E-state index contributed by atoms with van der Waals surface area (Å²) in [6.45, 7) is 0.248. The molecule has 4 heteroatoms. The molecular weight excluding hydrogens is 212 g/mol. The van der Waals surface area contributed by atoms with Crippen LogP contribution in [0.3, 0.4) is 0 Å². The minimum Gasteiger partial charge on any atom is -0.465 e. The highest BCUT2D eigenvalue weighted by Crippen LogP contribution is 2.48. The summed E-state index contributed by atoms with van der Waals surface area (Å²) in [5.74, 6) is -0.278. The number of hydrogen-bond donors (Lipinski definition) is 1. The minimum absolute atomic E-state index is 0.109. The molecule has 15 heavy (non-hydrogen) atoms. The van der Waals surface area contributed by atoms with E-state index in [-0.39, 0.29) is 18.0 Å². The lowest BCUT2D eigenvalue weighted by Crippen LogP contribution is -2.08. The van der Waals surface area contributed by atoms with E-state index in [1.54, 1.807) is 6.07 Å². The van der Waals surface area contributed by atoms with E-state index >= 15 is 0 Å². The lowest BCUT2D eigenvalue weighted by Gasteiger charge is -2.08. The van der Waals surface area contributed by atoms with Gasteiger partial charge in [0, 0.05) is 11.5 Å². The third kappa shape index (κ3) is 2.21. The number of thiophene rings is 1. The molecule has 0 atom stereocenters. The van der Waals surface area contributed by atoms with Crippen molar-refractivity contribution in [1.82, 2.24) is 0 Å². The first-order chi connectivity index (χ1) is 7.19. The van der Waals surface area contributed by atoms with Gasteiger partial charge in [0.25, 0.3) is 0 Å². The summed E-state index contributed by atoms with van der Waals surface area (Å²) >= 11 is 1.46. The predicted octanol–water partition coefficient (Wildman–Crippen LogP) is 1.85. The van der Waals surface area contributed by atoms with Crippen LogP contribution in [0.1, 0.15) is 27.4 Å². The fraction of sp³-hybridized carbons (Fsp3) is 0.545. The van der Waals surface area contributed by atoms with Gasteiger partial charge in [0.2, 0.25) is 0 Å². The maximum absolute atomic E-state index is 11.2. The molecule has 1 aromatic rings. The molecule has 1 N–H and O–H groups in total. The summed E-state index contributed by atoms with van der Waals surface area (Å²) in [5.41, 5.74) is 0.109. The Morgan fingerprint density at radius 2 is 2.33 bits per heavy atom. The molecule has 0 aromatic carbocycles. The quantitative estimate of drug-likeness (QED) is 0.797. The first-order valence-electron chi connectivity index (χ1n) is 4.97. The molecule has 82 valence electrons. The normalized spacial score (nSPS) is 17.5. The van der Waals surface area contributed by atoms with Crippen LogP contribution in [-0.2, 0) is 11.2 Å². The number of carbonyl (C=O) groups excluding carboxylic acids is 1. The molecule has 1 saturated carbocycles. The van der Waals surface area contributed by atoms with Crippen molar-refractivity contribution in [2.75, 3.05) is 13.7 Å². The Kier molecular flexibility index (Phi) is 2.80. The summed E-state index contributed by atoms with van der Waals surface area (Å²) in [5, 5.41) is 9.19. The van der Waals surface area contributed by atoms with Crippen molar-refractivity contribution in [3.05, 3.63) is 21.9 Å². The molecule has 0 saturated heterocycles. The Morgan fingerprint density at radius 1 is 1.60 bits per heavy atom. The van der Waals surface area contributed by atoms with Crippen LogP contribution in [0.25, 0.3) is 0 Å². The molecule has 0 radical (unpaired) electrons. The molecule has 1 heterocycles. The summed E-state index contributed by atoms with van der Waals surface area (Å²) in [4.78, 5) is 13.0. The van der Waals surface area contributed by atoms with Gasteiger partial charge in [0.05, 0.1) is 7.11 Å². The van der Waals surface area contributed by atoms with Crippen LogP contribution in [0.15, 0.2) is 12.1 Å². The lowest BCUT2D eigenvalue weighted by atomic mass is 10.0. The molecule has 0 unspecified atom stereocenters. The molecule has 0 amide bonds. The zero-order chi connectivity index (χ0) is 10.9. The first kappa shape index (κ1) is 10.6. The van der Waals surface area contributed by atoms with E-state index in [2.05, 4.69) is 4.74 Å². The Labute approximate surface area is 92.7 Å². The second-order valence-electron chi connectivity index (χ2n) is 4.09. The van der Waals surface area contributed by atoms with Crippen molar-refractivity contribution in [2.24, 2.45) is 5.41 Å². The van der Waals surface area contributed by atoms with E-state index in [0.717, 1.165) is 24.1 Å². The van der Waals surface area contributed by atoms with Crippen molar-refractivity contribution in [3.63, 3.8) is 0 Å². The third-order valence-electron chi connectivity index (χ3n) is 2.89. The van der Waals surface area contributed by atoms with Crippen LogP contribution in [-0.4, -0.2) is 24.8 Å². The molecular formula is C11H14O3S. The molecule has 0 spiro atoms. The summed E-state index contributed by atoms with van der Waals surface area (Å²) < 4.78 is 4.64. The Balaban J connectivity index is 2.04. The Hall–Kier alpha value is -0.870. The van der Waals surface area contributed by atoms with Gasteiger partial charge in [-0.15, -0.1) is 11.3 Å². The monoisotopic (exact) mass is 226 g/mol. The van der Waals surface area contributed by atoms with E-state index in [0.29, 0.717) is 4.88 Å². The van der Waals surface area contributed by atoms with Gasteiger partial charge >= 0.3 is 5.97 Å². The maximum atomic E-state index is 11.2. The number of rotatable bonds is 4. The highest BCUT2D eigenvalue weighted by molar-refractivity contribution is 7.13. The number of ether oxygens (including phenoxy) is 1. The number of aliphatic hydroxyl groups excluding tert-OH is 1. The van der Waals surface area contributed by atoms with Crippen LogP contribution in [0.5, 0.6) is 0 Å². The van der Waals surface area contributed by atoms with E-state index < -0.39 is 0 Å². The molecule has 1 aromatic heterocycles. The average Bonchev–Trinajstić information content (AvgIpc) is 2.87.